The number of aliphatic hydroxyl groups excluding tert-OH is 1. The first-order valence-corrected chi connectivity index (χ1v) is 34.3. The maximum atomic E-state index is 9.67. The number of aliphatic hydroxyl groups is 1. The Kier molecular flexibility index (Phi) is 23.3. The lowest BCUT2D eigenvalue weighted by molar-refractivity contribution is -0.0399. The van der Waals surface area contributed by atoms with E-state index in [0.717, 1.165) is 148 Å². The zero-order valence-corrected chi connectivity index (χ0v) is 53.2. The Labute approximate surface area is 477 Å². The van der Waals surface area contributed by atoms with Crippen LogP contribution in [0.2, 0.25) is 0 Å². The van der Waals surface area contributed by atoms with Crippen LogP contribution in [0, 0.1) is 129 Å². The molecule has 0 bridgehead atoms. The van der Waals surface area contributed by atoms with Crippen molar-refractivity contribution >= 4 is 0 Å². The van der Waals surface area contributed by atoms with Crippen molar-refractivity contribution in [3.63, 3.8) is 0 Å². The van der Waals surface area contributed by atoms with Gasteiger partial charge < -0.3 is 29.0 Å². The number of piperidine rings is 2. The second kappa shape index (κ2) is 28.5. The molecule has 7 heterocycles. The number of morpholine rings is 1. The molecule has 7 saturated carbocycles. The third-order valence-corrected chi connectivity index (χ3v) is 25.1. The summed E-state index contributed by atoms with van der Waals surface area (Å²) in [6, 6.07) is 1.70. The van der Waals surface area contributed by atoms with Crippen molar-refractivity contribution in [1.82, 2.24) is 9.80 Å². The van der Waals surface area contributed by atoms with Crippen LogP contribution < -0.4 is 0 Å². The summed E-state index contributed by atoms with van der Waals surface area (Å²) in [4.78, 5) is 5.32. The van der Waals surface area contributed by atoms with E-state index in [2.05, 4.69) is 107 Å². The molecular weight excluding hydrogens is 949 g/mol. The zero-order chi connectivity index (χ0) is 55.2. The minimum atomic E-state index is 0.0463. The van der Waals surface area contributed by atoms with Crippen LogP contribution in [0.25, 0.3) is 0 Å². The molecule has 14 atom stereocenters. The highest BCUT2D eigenvalue weighted by Gasteiger charge is 2.54. The Morgan fingerprint density at radius 1 is 0.390 bits per heavy atom. The number of hydrogen-bond donors (Lipinski definition) is 1. The van der Waals surface area contributed by atoms with Gasteiger partial charge in [-0.05, 0) is 228 Å². The molecule has 0 aromatic carbocycles. The number of nitrogens with zero attached hydrogens (tertiary/aromatic N) is 2. The van der Waals surface area contributed by atoms with Crippen LogP contribution in [-0.4, -0.2) is 112 Å². The highest BCUT2D eigenvalue weighted by molar-refractivity contribution is 5.03. The van der Waals surface area contributed by atoms with Gasteiger partial charge in [0, 0.05) is 35.4 Å². The molecule has 7 nitrogen and oxygen atoms in total. The molecule has 0 aromatic rings. The second-order valence-electron chi connectivity index (χ2n) is 31.7. The minimum Gasteiger partial charge on any atom is -0.393 e. The van der Waals surface area contributed by atoms with E-state index in [1.807, 2.05) is 0 Å². The van der Waals surface area contributed by atoms with E-state index < -0.39 is 0 Å². The molecular formula is C70H128N2O5. The van der Waals surface area contributed by atoms with Crippen molar-refractivity contribution in [2.75, 3.05) is 79.0 Å². The van der Waals surface area contributed by atoms with Crippen molar-refractivity contribution < 1.29 is 24.1 Å². The normalized spacial score (nSPS) is 42.8. The predicted octanol–water partition coefficient (Wildman–Crippen LogP) is 15.9. The summed E-state index contributed by atoms with van der Waals surface area (Å²) in [5, 5.41) is 9.67. The predicted molar refractivity (Wildman–Crippen MR) is 322 cm³/mol. The van der Waals surface area contributed by atoms with E-state index >= 15 is 0 Å². The van der Waals surface area contributed by atoms with Gasteiger partial charge in [-0.15, -0.1) is 0 Å². The van der Waals surface area contributed by atoms with E-state index in [0.29, 0.717) is 40.4 Å². The van der Waals surface area contributed by atoms with E-state index in [-0.39, 0.29) is 6.10 Å². The summed E-state index contributed by atoms with van der Waals surface area (Å²) in [6.07, 6.45) is 28.0. The van der Waals surface area contributed by atoms with Crippen LogP contribution in [0.3, 0.4) is 0 Å². The fraction of sp³-hybridized carbons (Fsp3) is 1.00. The Bertz CT molecular complexity index is 1630. The molecule has 7 heteroatoms. The number of fused-ring (bicyclic) bond motifs is 7. The summed E-state index contributed by atoms with van der Waals surface area (Å²) < 4.78 is 22.1. The average molecular weight is 1080 g/mol. The molecule has 0 radical (unpaired) electrons. The van der Waals surface area contributed by atoms with Gasteiger partial charge >= 0.3 is 0 Å². The molecule has 0 amide bonds. The largest absolute Gasteiger partial charge is 0.393 e. The van der Waals surface area contributed by atoms with E-state index in [1.165, 1.54) is 109 Å². The Morgan fingerprint density at radius 3 is 1.39 bits per heavy atom. The van der Waals surface area contributed by atoms with Gasteiger partial charge in [0.15, 0.2) is 0 Å². The molecule has 14 aliphatic rings. The first-order chi connectivity index (χ1) is 36.8. The topological polar surface area (TPSA) is 63.6 Å². The molecule has 7 aliphatic carbocycles. The summed E-state index contributed by atoms with van der Waals surface area (Å²) in [5.74, 6) is 18.4. The number of rotatable bonds is 7. The van der Waals surface area contributed by atoms with Gasteiger partial charge in [0.2, 0.25) is 0 Å². The third kappa shape index (κ3) is 15.9. The van der Waals surface area contributed by atoms with Gasteiger partial charge in [-0.3, -0.25) is 4.90 Å². The number of hydrogen-bond acceptors (Lipinski definition) is 7. The highest BCUT2D eigenvalue weighted by atomic mass is 16.5. The second-order valence-corrected chi connectivity index (χ2v) is 31.7. The van der Waals surface area contributed by atoms with Gasteiger partial charge in [-0.2, -0.15) is 0 Å². The summed E-state index contributed by atoms with van der Waals surface area (Å²) in [7, 11) is 0. The molecule has 1 N–H and O–H groups in total. The molecule has 7 saturated heterocycles. The zero-order valence-electron chi connectivity index (χ0n) is 53.2. The minimum absolute atomic E-state index is 0.0463. The average Bonchev–Trinajstić information content (AvgIpc) is 4.10. The number of ether oxygens (including phenoxy) is 4. The van der Waals surface area contributed by atoms with Crippen LogP contribution in [0.1, 0.15) is 219 Å². The summed E-state index contributed by atoms with van der Waals surface area (Å²) in [6.45, 7) is 45.6. The lowest BCUT2D eigenvalue weighted by atomic mass is 9.72. The monoisotopic (exact) mass is 1080 g/mol. The maximum absolute atomic E-state index is 9.67. The SMILES string of the molecule is CC(C)C12CCCC1COC2.CC(C)C12COCC1COC2.CC(C)C1CC2CC2C1.CC(C)C1CC2CC2C1O.CC(C)C1CC2CCCC2C1.CC(C)C1CCN2CCCC2C1.CC(C)C1CCN2CCOCC2C1. The molecule has 0 spiro atoms. The lowest BCUT2D eigenvalue weighted by Crippen LogP contribution is -2.50. The van der Waals surface area contributed by atoms with Crippen LogP contribution in [0.15, 0.2) is 0 Å². The van der Waals surface area contributed by atoms with Crippen molar-refractivity contribution in [2.24, 2.45) is 129 Å². The Hall–Kier alpha value is -0.280. The van der Waals surface area contributed by atoms with E-state index in [1.54, 1.807) is 44.9 Å². The molecule has 77 heavy (non-hydrogen) atoms. The van der Waals surface area contributed by atoms with Gasteiger partial charge in [0.25, 0.3) is 0 Å². The van der Waals surface area contributed by atoms with Gasteiger partial charge in [0.05, 0.1) is 59.0 Å². The standard InChI is InChI=1S/C11H21NO.C11H21N.C11H20.C10H18O.C9H16O2.C9H16O.C9H16/c1-9(2)10-3-4-12-5-6-13-8-11(12)7-10;1-9(2)10-5-7-12-6-3-4-11(12)8-10;1-8(2)11-6-9-4-3-5-10(9)7-11;1-8(2)10-5-3-4-9(10)6-11-7-10;1-7(2)9-5-10-3-8(9)4-11-6-9;1-5(2)7-3-6-4-8(6)9(7)10;1-6(2)7-3-8-5-9(8)4-7/h9-11H,3-8H2,1-2H3;9-11H,3-8H2,1-2H3;8-11H,3-7H2,1-2H3;8-9H,3-7H2,1-2H3;7-8H,3-6H2,1-2H3;5-10H,3-4H2,1-2H3;6-9H,3-5H2,1-2H3. The van der Waals surface area contributed by atoms with Crippen LogP contribution in [-0.2, 0) is 18.9 Å². The smallest absolute Gasteiger partial charge is 0.0622 e. The molecule has 14 unspecified atom stereocenters. The first kappa shape index (κ1) is 62.8. The van der Waals surface area contributed by atoms with Crippen molar-refractivity contribution in [2.45, 2.75) is 237 Å². The first-order valence-electron chi connectivity index (χ1n) is 34.3. The lowest BCUT2D eigenvalue weighted by Gasteiger charge is -2.43. The third-order valence-electron chi connectivity index (χ3n) is 25.1. The van der Waals surface area contributed by atoms with Gasteiger partial charge in [-0.1, -0.05) is 123 Å². The van der Waals surface area contributed by atoms with E-state index in [4.69, 9.17) is 18.9 Å². The van der Waals surface area contributed by atoms with Crippen LogP contribution >= 0.6 is 0 Å². The summed E-state index contributed by atoms with van der Waals surface area (Å²) >= 11 is 0. The Balaban J connectivity index is 0.000000119. The quantitative estimate of drug-likeness (QED) is 0.273. The molecule has 14 fully saturated rings. The summed E-state index contributed by atoms with van der Waals surface area (Å²) in [5.41, 5.74) is 0.944. The fourth-order valence-electron chi connectivity index (χ4n) is 18.5. The fourth-order valence-corrected chi connectivity index (χ4v) is 18.5. The van der Waals surface area contributed by atoms with Crippen LogP contribution in [0.5, 0.6) is 0 Å². The van der Waals surface area contributed by atoms with Crippen molar-refractivity contribution in [3.8, 4) is 0 Å². The van der Waals surface area contributed by atoms with Crippen molar-refractivity contribution in [1.29, 1.82) is 0 Å². The molecule has 7 aliphatic heterocycles. The Morgan fingerprint density at radius 2 is 0.909 bits per heavy atom. The van der Waals surface area contributed by atoms with Crippen molar-refractivity contribution in [3.05, 3.63) is 0 Å². The maximum Gasteiger partial charge on any atom is 0.0622 e. The molecule has 14 rings (SSSR count). The molecule has 448 valence electrons. The van der Waals surface area contributed by atoms with E-state index in [9.17, 15) is 5.11 Å². The molecule has 0 aromatic heterocycles. The van der Waals surface area contributed by atoms with Gasteiger partial charge in [0.1, 0.15) is 0 Å². The highest BCUT2D eigenvalue weighted by Crippen LogP contribution is 2.57. The van der Waals surface area contributed by atoms with Crippen LogP contribution in [0.4, 0.5) is 0 Å². The van der Waals surface area contributed by atoms with Gasteiger partial charge in [-0.25, -0.2) is 0 Å².